The fraction of sp³-hybridized carbons (Fsp3) is 0. The number of nitrogens with zero attached hydrogens (tertiary/aromatic N) is 1. The van der Waals surface area contributed by atoms with E-state index in [0.29, 0.717) is 0 Å². The summed E-state index contributed by atoms with van der Waals surface area (Å²) in [6, 6.07) is 76.4. The maximum absolute atomic E-state index is 6.48. The van der Waals surface area contributed by atoms with Crippen LogP contribution in [0.5, 0.6) is 0 Å². The number of benzene rings is 10. The second-order valence-electron chi connectivity index (χ2n) is 14.5. The number of fused-ring (bicyclic) bond motifs is 7. The van der Waals surface area contributed by atoms with Crippen molar-refractivity contribution in [1.82, 2.24) is 0 Å². The van der Waals surface area contributed by atoms with Gasteiger partial charge in [0.15, 0.2) is 0 Å². The van der Waals surface area contributed by atoms with Crippen molar-refractivity contribution in [3.05, 3.63) is 212 Å². The molecule has 0 unspecified atom stereocenters. The van der Waals surface area contributed by atoms with E-state index >= 15 is 0 Å². The molecule has 0 amide bonds. The van der Waals surface area contributed by atoms with E-state index < -0.39 is 0 Å². The highest BCUT2D eigenvalue weighted by Crippen LogP contribution is 2.41. The molecule has 2 heteroatoms. The summed E-state index contributed by atoms with van der Waals surface area (Å²) < 4.78 is 6.48. The van der Waals surface area contributed by atoms with E-state index in [0.717, 1.165) is 61.3 Å². The molecule has 0 aliphatic carbocycles. The SMILES string of the molecule is c1ccc(-c2cccc3c2oc2ccc(-c4ccc(N(c5ccc(-c6cc7ccccc7c7ccccc67)cc5)c5ccc6ccccc6c5)cc4)cc23)cc1. The predicted octanol–water partition coefficient (Wildman–Crippen LogP) is 15.5. The van der Waals surface area contributed by atoms with Crippen LogP contribution in [0.4, 0.5) is 17.1 Å². The van der Waals surface area contributed by atoms with Crippen molar-refractivity contribution < 1.29 is 4.42 Å². The quantitative estimate of drug-likeness (QED) is 0.160. The molecule has 1 aromatic heterocycles. The van der Waals surface area contributed by atoms with Crippen LogP contribution < -0.4 is 4.90 Å². The molecule has 0 saturated heterocycles. The van der Waals surface area contributed by atoms with Crippen molar-refractivity contribution in [3.8, 4) is 33.4 Å². The van der Waals surface area contributed by atoms with E-state index in [2.05, 4.69) is 211 Å². The van der Waals surface area contributed by atoms with Crippen LogP contribution in [0, 0.1) is 0 Å². The highest BCUT2D eigenvalue weighted by molar-refractivity contribution is 6.14. The summed E-state index contributed by atoms with van der Waals surface area (Å²) in [5.74, 6) is 0. The van der Waals surface area contributed by atoms with E-state index in [-0.39, 0.29) is 0 Å². The van der Waals surface area contributed by atoms with Crippen LogP contribution in [-0.4, -0.2) is 0 Å². The highest BCUT2D eigenvalue weighted by atomic mass is 16.3. The Kier molecular flexibility index (Phi) is 7.53. The molecule has 0 aliphatic heterocycles. The van der Waals surface area contributed by atoms with Gasteiger partial charge in [-0.15, -0.1) is 0 Å². The molecule has 2 nitrogen and oxygen atoms in total. The highest BCUT2D eigenvalue weighted by Gasteiger charge is 2.17. The Bertz CT molecular complexity index is 3230. The summed E-state index contributed by atoms with van der Waals surface area (Å²) in [6.45, 7) is 0. The van der Waals surface area contributed by atoms with E-state index in [1.807, 2.05) is 6.07 Å². The van der Waals surface area contributed by atoms with Gasteiger partial charge in [0.1, 0.15) is 11.2 Å². The topological polar surface area (TPSA) is 16.4 Å². The van der Waals surface area contributed by atoms with Crippen molar-refractivity contribution in [2.45, 2.75) is 0 Å². The predicted molar refractivity (Wildman–Crippen MR) is 237 cm³/mol. The van der Waals surface area contributed by atoms with Gasteiger partial charge >= 0.3 is 0 Å². The van der Waals surface area contributed by atoms with Crippen LogP contribution in [0.15, 0.2) is 217 Å². The molecule has 0 saturated carbocycles. The van der Waals surface area contributed by atoms with Gasteiger partial charge in [-0.05, 0) is 115 Å². The van der Waals surface area contributed by atoms with E-state index in [1.54, 1.807) is 0 Å². The van der Waals surface area contributed by atoms with Crippen molar-refractivity contribution >= 4 is 71.3 Å². The smallest absolute Gasteiger partial charge is 0.143 e. The third-order valence-electron chi connectivity index (χ3n) is 11.2. The van der Waals surface area contributed by atoms with Gasteiger partial charge in [-0.3, -0.25) is 0 Å². The molecule has 0 radical (unpaired) electrons. The molecule has 0 atom stereocenters. The maximum atomic E-state index is 6.48. The summed E-state index contributed by atoms with van der Waals surface area (Å²) in [5.41, 5.74) is 12.1. The minimum Gasteiger partial charge on any atom is -0.455 e. The number of rotatable bonds is 6. The average molecular weight is 714 g/mol. The van der Waals surface area contributed by atoms with Crippen LogP contribution >= 0.6 is 0 Å². The Morgan fingerprint density at radius 2 is 0.875 bits per heavy atom. The number of hydrogen-bond acceptors (Lipinski definition) is 2. The number of para-hydroxylation sites is 1. The number of hydrogen-bond donors (Lipinski definition) is 0. The van der Waals surface area contributed by atoms with Gasteiger partial charge in [-0.1, -0.05) is 158 Å². The van der Waals surface area contributed by atoms with E-state index in [4.69, 9.17) is 4.42 Å². The molecule has 10 aromatic carbocycles. The van der Waals surface area contributed by atoms with Crippen LogP contribution in [0.25, 0.3) is 87.6 Å². The normalized spacial score (nSPS) is 11.6. The first-order valence-corrected chi connectivity index (χ1v) is 19.2. The fourth-order valence-electron chi connectivity index (χ4n) is 8.47. The van der Waals surface area contributed by atoms with Gasteiger partial charge in [-0.25, -0.2) is 0 Å². The van der Waals surface area contributed by atoms with Gasteiger partial charge < -0.3 is 9.32 Å². The van der Waals surface area contributed by atoms with Crippen molar-refractivity contribution in [3.63, 3.8) is 0 Å². The van der Waals surface area contributed by atoms with Crippen molar-refractivity contribution in [2.75, 3.05) is 4.90 Å². The third-order valence-corrected chi connectivity index (χ3v) is 11.2. The second-order valence-corrected chi connectivity index (χ2v) is 14.5. The third kappa shape index (κ3) is 5.42. The summed E-state index contributed by atoms with van der Waals surface area (Å²) >= 11 is 0. The Morgan fingerprint density at radius 3 is 1.66 bits per heavy atom. The first-order valence-electron chi connectivity index (χ1n) is 19.2. The van der Waals surface area contributed by atoms with Crippen molar-refractivity contribution in [2.24, 2.45) is 0 Å². The molecular weight excluding hydrogens is 679 g/mol. The Labute approximate surface area is 325 Å². The molecule has 0 bridgehead atoms. The molecule has 1 heterocycles. The lowest BCUT2D eigenvalue weighted by atomic mass is 9.93. The summed E-state index contributed by atoms with van der Waals surface area (Å²) in [7, 11) is 0. The average Bonchev–Trinajstić information content (AvgIpc) is 3.65. The molecular formula is C54H35NO. The van der Waals surface area contributed by atoms with Crippen molar-refractivity contribution in [1.29, 1.82) is 0 Å². The lowest BCUT2D eigenvalue weighted by Crippen LogP contribution is -2.09. The lowest BCUT2D eigenvalue weighted by Gasteiger charge is -2.26. The Morgan fingerprint density at radius 1 is 0.286 bits per heavy atom. The van der Waals surface area contributed by atoms with Crippen LogP contribution in [0.3, 0.4) is 0 Å². The minimum atomic E-state index is 0.895. The fourth-order valence-corrected chi connectivity index (χ4v) is 8.47. The zero-order valence-corrected chi connectivity index (χ0v) is 30.6. The molecule has 11 aromatic rings. The zero-order valence-electron chi connectivity index (χ0n) is 30.6. The van der Waals surface area contributed by atoms with Gasteiger partial charge in [0.25, 0.3) is 0 Å². The minimum absolute atomic E-state index is 0.895. The molecule has 0 spiro atoms. The van der Waals surface area contributed by atoms with Crippen LogP contribution in [0.1, 0.15) is 0 Å². The molecule has 56 heavy (non-hydrogen) atoms. The zero-order chi connectivity index (χ0) is 37.0. The van der Waals surface area contributed by atoms with Gasteiger partial charge in [0.05, 0.1) is 0 Å². The lowest BCUT2D eigenvalue weighted by molar-refractivity contribution is 0.670. The first kappa shape index (κ1) is 32.0. The molecule has 0 N–H and O–H groups in total. The summed E-state index contributed by atoms with van der Waals surface area (Å²) in [6.07, 6.45) is 0. The second kappa shape index (κ2) is 13.2. The number of anilines is 3. The monoisotopic (exact) mass is 713 g/mol. The van der Waals surface area contributed by atoms with Crippen LogP contribution in [-0.2, 0) is 0 Å². The van der Waals surface area contributed by atoms with Gasteiger partial charge in [0, 0.05) is 33.4 Å². The Hall–Kier alpha value is -7.42. The van der Waals surface area contributed by atoms with Gasteiger partial charge in [0.2, 0.25) is 0 Å². The Balaban J connectivity index is 0.990. The van der Waals surface area contributed by atoms with Gasteiger partial charge in [-0.2, -0.15) is 0 Å². The first-order chi connectivity index (χ1) is 27.7. The number of furan rings is 1. The largest absolute Gasteiger partial charge is 0.455 e. The van der Waals surface area contributed by atoms with E-state index in [1.165, 1.54) is 43.4 Å². The van der Waals surface area contributed by atoms with E-state index in [9.17, 15) is 0 Å². The molecule has 0 aliphatic rings. The summed E-state index contributed by atoms with van der Waals surface area (Å²) in [5, 5.41) is 9.76. The summed E-state index contributed by atoms with van der Waals surface area (Å²) in [4.78, 5) is 2.36. The molecule has 0 fully saturated rings. The molecule has 11 rings (SSSR count). The maximum Gasteiger partial charge on any atom is 0.143 e. The molecule has 262 valence electrons. The van der Waals surface area contributed by atoms with Crippen LogP contribution in [0.2, 0.25) is 0 Å². The standard InChI is InChI=1S/C54H35NO/c1-2-12-38(13-3-1)47-19-10-20-50-52-34-41(26-32-53(52)56-54(47)50)37-21-27-43(28-22-37)55(45-31-23-36-11-4-5-14-40(36)33-45)44-29-24-39(25-30-44)51-35-42-15-6-7-16-46(42)48-17-8-9-18-49(48)51/h1-35H.